The van der Waals surface area contributed by atoms with Crippen LogP contribution in [0.25, 0.3) is 0 Å². The fraction of sp³-hybridized carbons (Fsp3) is 0.611. The Hall–Kier alpha value is -1.59. The molecule has 5 heteroatoms. The lowest BCUT2D eigenvalue weighted by atomic mass is 10.1. The SMILES string of the molecule is CCCN1CCN(CCNC(=O)NCc2ccc(C)cc2)CC1. The second kappa shape index (κ2) is 9.53. The number of nitrogens with one attached hydrogen (secondary N) is 2. The van der Waals surface area contributed by atoms with E-state index in [0.717, 1.165) is 38.3 Å². The highest BCUT2D eigenvalue weighted by Crippen LogP contribution is 2.03. The number of urea groups is 1. The van der Waals surface area contributed by atoms with Crippen LogP contribution in [-0.2, 0) is 6.54 Å². The van der Waals surface area contributed by atoms with Crippen molar-refractivity contribution < 1.29 is 4.79 Å². The Morgan fingerprint density at radius 3 is 2.22 bits per heavy atom. The predicted octanol–water partition coefficient (Wildman–Crippen LogP) is 1.82. The summed E-state index contributed by atoms with van der Waals surface area (Å²) in [5.41, 5.74) is 2.36. The molecule has 0 saturated carbocycles. The van der Waals surface area contributed by atoms with Gasteiger partial charge in [0, 0.05) is 45.8 Å². The standard InChI is InChI=1S/C18H30N4O/c1-3-9-21-11-13-22(14-12-21)10-8-19-18(23)20-15-17-6-4-16(2)5-7-17/h4-7H,3,8-15H2,1-2H3,(H2,19,20,23). The molecule has 1 aliphatic heterocycles. The minimum absolute atomic E-state index is 0.0878. The van der Waals surface area contributed by atoms with Crippen LogP contribution < -0.4 is 10.6 Å². The summed E-state index contributed by atoms with van der Waals surface area (Å²) in [4.78, 5) is 16.7. The average Bonchev–Trinajstić information content (AvgIpc) is 2.56. The summed E-state index contributed by atoms with van der Waals surface area (Å²) in [6, 6.07) is 8.13. The van der Waals surface area contributed by atoms with Crippen molar-refractivity contribution in [3.63, 3.8) is 0 Å². The Kier molecular flexibility index (Phi) is 7.36. The highest BCUT2D eigenvalue weighted by molar-refractivity contribution is 5.73. The second-order valence-electron chi connectivity index (χ2n) is 6.28. The van der Waals surface area contributed by atoms with Crippen molar-refractivity contribution in [2.45, 2.75) is 26.8 Å². The Bertz CT molecular complexity index is 466. The van der Waals surface area contributed by atoms with Crippen molar-refractivity contribution in [2.24, 2.45) is 0 Å². The monoisotopic (exact) mass is 318 g/mol. The smallest absolute Gasteiger partial charge is 0.315 e. The van der Waals surface area contributed by atoms with Gasteiger partial charge in [0.05, 0.1) is 0 Å². The first kappa shape index (κ1) is 17.8. The Morgan fingerprint density at radius 1 is 1.00 bits per heavy atom. The minimum atomic E-state index is -0.0878. The maximum Gasteiger partial charge on any atom is 0.315 e. The van der Waals surface area contributed by atoms with Gasteiger partial charge in [0.2, 0.25) is 0 Å². The number of benzene rings is 1. The molecular formula is C18H30N4O. The molecule has 1 fully saturated rings. The van der Waals surface area contributed by atoms with Crippen molar-refractivity contribution >= 4 is 6.03 Å². The van der Waals surface area contributed by atoms with E-state index in [1.807, 2.05) is 12.1 Å². The van der Waals surface area contributed by atoms with Crippen LogP contribution in [0.1, 0.15) is 24.5 Å². The van der Waals surface area contributed by atoms with E-state index in [4.69, 9.17) is 0 Å². The lowest BCUT2D eigenvalue weighted by Crippen LogP contribution is -2.49. The zero-order valence-electron chi connectivity index (χ0n) is 14.5. The van der Waals surface area contributed by atoms with Gasteiger partial charge in [-0.1, -0.05) is 36.8 Å². The summed E-state index contributed by atoms with van der Waals surface area (Å²) < 4.78 is 0. The average molecular weight is 318 g/mol. The molecule has 0 aromatic heterocycles. The molecule has 2 amide bonds. The van der Waals surface area contributed by atoms with Gasteiger partial charge in [-0.2, -0.15) is 0 Å². The van der Waals surface area contributed by atoms with Crippen LogP contribution in [0.15, 0.2) is 24.3 Å². The van der Waals surface area contributed by atoms with E-state index in [-0.39, 0.29) is 6.03 Å². The van der Waals surface area contributed by atoms with Crippen molar-refractivity contribution in [3.8, 4) is 0 Å². The third-order valence-electron chi connectivity index (χ3n) is 4.29. The van der Waals surface area contributed by atoms with Crippen LogP contribution in [0.4, 0.5) is 4.79 Å². The summed E-state index contributed by atoms with van der Waals surface area (Å²) in [7, 11) is 0. The molecule has 0 unspecified atom stereocenters. The molecule has 1 aromatic rings. The number of piperazine rings is 1. The fourth-order valence-electron chi connectivity index (χ4n) is 2.83. The number of carbonyl (C=O) groups excluding carboxylic acids is 1. The quantitative estimate of drug-likeness (QED) is 0.806. The molecule has 0 spiro atoms. The van der Waals surface area contributed by atoms with E-state index < -0.39 is 0 Å². The molecule has 23 heavy (non-hydrogen) atoms. The minimum Gasteiger partial charge on any atom is -0.337 e. The van der Waals surface area contributed by atoms with Crippen molar-refractivity contribution in [3.05, 3.63) is 35.4 Å². The van der Waals surface area contributed by atoms with Crippen molar-refractivity contribution in [1.82, 2.24) is 20.4 Å². The first-order chi connectivity index (χ1) is 11.2. The van der Waals surface area contributed by atoms with Gasteiger partial charge < -0.3 is 15.5 Å². The van der Waals surface area contributed by atoms with Crippen LogP contribution in [0, 0.1) is 6.92 Å². The molecule has 0 bridgehead atoms. The molecule has 5 nitrogen and oxygen atoms in total. The van der Waals surface area contributed by atoms with E-state index in [1.54, 1.807) is 0 Å². The predicted molar refractivity (Wildman–Crippen MR) is 94.6 cm³/mol. The lowest BCUT2D eigenvalue weighted by Gasteiger charge is -2.34. The Morgan fingerprint density at radius 2 is 1.61 bits per heavy atom. The van der Waals surface area contributed by atoms with E-state index in [1.165, 1.54) is 18.5 Å². The van der Waals surface area contributed by atoms with Gasteiger partial charge in [-0.05, 0) is 25.5 Å². The van der Waals surface area contributed by atoms with Crippen LogP contribution in [0.3, 0.4) is 0 Å². The van der Waals surface area contributed by atoms with Crippen molar-refractivity contribution in [1.29, 1.82) is 0 Å². The summed E-state index contributed by atoms with van der Waals surface area (Å²) in [6.07, 6.45) is 1.22. The van der Waals surface area contributed by atoms with Gasteiger partial charge in [-0.3, -0.25) is 4.90 Å². The van der Waals surface area contributed by atoms with Crippen LogP contribution in [0.2, 0.25) is 0 Å². The largest absolute Gasteiger partial charge is 0.337 e. The van der Waals surface area contributed by atoms with E-state index in [9.17, 15) is 4.79 Å². The summed E-state index contributed by atoms with van der Waals surface area (Å²) in [5.74, 6) is 0. The second-order valence-corrected chi connectivity index (χ2v) is 6.28. The van der Waals surface area contributed by atoms with Crippen LogP contribution in [0.5, 0.6) is 0 Å². The number of hydrogen-bond donors (Lipinski definition) is 2. The van der Waals surface area contributed by atoms with Gasteiger partial charge in [-0.15, -0.1) is 0 Å². The molecule has 2 rings (SSSR count). The fourth-order valence-corrected chi connectivity index (χ4v) is 2.83. The van der Waals surface area contributed by atoms with Gasteiger partial charge >= 0.3 is 6.03 Å². The van der Waals surface area contributed by atoms with Gasteiger partial charge in [0.15, 0.2) is 0 Å². The number of aryl methyl sites for hydroxylation is 1. The van der Waals surface area contributed by atoms with E-state index in [2.05, 4.69) is 46.4 Å². The molecule has 0 atom stereocenters. The number of rotatable bonds is 7. The summed E-state index contributed by atoms with van der Waals surface area (Å²) >= 11 is 0. The van der Waals surface area contributed by atoms with Crippen molar-refractivity contribution in [2.75, 3.05) is 45.8 Å². The van der Waals surface area contributed by atoms with Crippen LogP contribution in [-0.4, -0.2) is 61.6 Å². The maximum absolute atomic E-state index is 11.8. The molecular weight excluding hydrogens is 288 g/mol. The zero-order valence-corrected chi connectivity index (χ0v) is 14.5. The Balaban J connectivity index is 1.55. The normalized spacial score (nSPS) is 16.3. The van der Waals surface area contributed by atoms with Crippen LogP contribution >= 0.6 is 0 Å². The summed E-state index contributed by atoms with van der Waals surface area (Å²) in [5, 5.41) is 5.85. The molecule has 128 valence electrons. The summed E-state index contributed by atoms with van der Waals surface area (Å²) in [6.45, 7) is 12.2. The molecule has 1 heterocycles. The molecule has 2 N–H and O–H groups in total. The molecule has 1 saturated heterocycles. The third-order valence-corrected chi connectivity index (χ3v) is 4.29. The van der Waals surface area contributed by atoms with E-state index >= 15 is 0 Å². The lowest BCUT2D eigenvalue weighted by molar-refractivity contribution is 0.133. The topological polar surface area (TPSA) is 47.6 Å². The van der Waals surface area contributed by atoms with Gasteiger partial charge in [0.1, 0.15) is 0 Å². The number of amides is 2. The molecule has 1 aliphatic rings. The van der Waals surface area contributed by atoms with Gasteiger partial charge in [-0.25, -0.2) is 4.79 Å². The highest BCUT2D eigenvalue weighted by atomic mass is 16.2. The number of carbonyl (C=O) groups is 1. The first-order valence-electron chi connectivity index (χ1n) is 8.69. The van der Waals surface area contributed by atoms with E-state index in [0.29, 0.717) is 13.1 Å². The number of nitrogens with zero attached hydrogens (tertiary/aromatic N) is 2. The molecule has 0 radical (unpaired) electrons. The maximum atomic E-state index is 11.8. The zero-order chi connectivity index (χ0) is 16.5. The Labute approximate surface area is 140 Å². The molecule has 0 aliphatic carbocycles. The first-order valence-corrected chi connectivity index (χ1v) is 8.69. The third kappa shape index (κ3) is 6.59. The highest BCUT2D eigenvalue weighted by Gasteiger charge is 2.15. The number of hydrogen-bond acceptors (Lipinski definition) is 3. The van der Waals surface area contributed by atoms with Gasteiger partial charge in [0.25, 0.3) is 0 Å². The molecule has 1 aromatic carbocycles.